The van der Waals surface area contributed by atoms with Gasteiger partial charge in [-0.2, -0.15) is 0 Å². The van der Waals surface area contributed by atoms with Gasteiger partial charge >= 0.3 is 5.97 Å². The normalized spacial score (nSPS) is 21.9. The van der Waals surface area contributed by atoms with E-state index in [1.807, 2.05) is 6.92 Å². The first kappa shape index (κ1) is 15.8. The number of hydrogen-bond acceptors (Lipinski definition) is 4. The zero-order valence-corrected chi connectivity index (χ0v) is 13.1. The predicted molar refractivity (Wildman–Crippen MR) is 80.7 cm³/mol. The Bertz CT molecular complexity index is 299. The zero-order valence-electron chi connectivity index (χ0n) is 13.1. The number of carbonyl (C=O) groups excluding carboxylic acids is 1. The van der Waals surface area contributed by atoms with Gasteiger partial charge < -0.3 is 15.0 Å². The first-order valence-corrected chi connectivity index (χ1v) is 8.30. The number of nitrogens with one attached hydrogen (secondary N) is 1. The van der Waals surface area contributed by atoms with Crippen LogP contribution >= 0.6 is 0 Å². The molecular weight excluding hydrogens is 252 g/mol. The van der Waals surface area contributed by atoms with Gasteiger partial charge in [0.05, 0.1) is 6.61 Å². The molecule has 2 aliphatic carbocycles. The molecule has 0 heterocycles. The second kappa shape index (κ2) is 7.99. The second-order valence-electron chi connectivity index (χ2n) is 6.47. The maximum absolute atomic E-state index is 12.0. The first-order valence-electron chi connectivity index (χ1n) is 8.30. The molecule has 0 aromatic heterocycles. The third-order valence-electron chi connectivity index (χ3n) is 4.37. The molecule has 4 heteroatoms. The molecule has 0 bridgehead atoms. The third-order valence-corrected chi connectivity index (χ3v) is 4.37. The zero-order chi connectivity index (χ0) is 14.4. The molecule has 2 rings (SSSR count). The van der Waals surface area contributed by atoms with Crippen LogP contribution in [-0.2, 0) is 9.53 Å². The van der Waals surface area contributed by atoms with Crippen LogP contribution in [0.5, 0.6) is 0 Å². The topological polar surface area (TPSA) is 41.6 Å². The van der Waals surface area contributed by atoms with Gasteiger partial charge in [0.2, 0.25) is 0 Å². The van der Waals surface area contributed by atoms with Crippen LogP contribution in [0.25, 0.3) is 0 Å². The molecule has 20 heavy (non-hydrogen) atoms. The van der Waals surface area contributed by atoms with E-state index in [9.17, 15) is 4.79 Å². The minimum Gasteiger partial charge on any atom is -0.465 e. The lowest BCUT2D eigenvalue weighted by Crippen LogP contribution is -2.47. The smallest absolute Gasteiger partial charge is 0.324 e. The molecule has 0 spiro atoms. The summed E-state index contributed by atoms with van der Waals surface area (Å²) in [6.45, 7) is 4.22. The molecule has 0 radical (unpaired) electrons. The minimum absolute atomic E-state index is 0.0881. The molecule has 0 aliphatic heterocycles. The second-order valence-corrected chi connectivity index (χ2v) is 6.47. The molecule has 116 valence electrons. The van der Waals surface area contributed by atoms with Crippen molar-refractivity contribution in [3.05, 3.63) is 0 Å². The van der Waals surface area contributed by atoms with Gasteiger partial charge in [-0.3, -0.25) is 4.79 Å². The minimum atomic E-state index is -0.156. The summed E-state index contributed by atoms with van der Waals surface area (Å²) < 4.78 is 5.20. The Morgan fingerprint density at radius 3 is 2.55 bits per heavy atom. The van der Waals surface area contributed by atoms with Crippen molar-refractivity contribution in [2.45, 2.75) is 64.0 Å². The molecule has 4 nitrogen and oxygen atoms in total. The number of carbonyl (C=O) groups is 1. The lowest BCUT2D eigenvalue weighted by atomic mass is 9.89. The van der Waals surface area contributed by atoms with E-state index in [1.54, 1.807) is 0 Å². The van der Waals surface area contributed by atoms with Crippen molar-refractivity contribution in [3.8, 4) is 0 Å². The highest BCUT2D eigenvalue weighted by molar-refractivity contribution is 5.76. The Morgan fingerprint density at radius 2 is 1.95 bits per heavy atom. The number of rotatable bonds is 8. The molecule has 0 aromatic carbocycles. The van der Waals surface area contributed by atoms with E-state index in [0.717, 1.165) is 19.0 Å². The number of likely N-dealkylation sites (N-methyl/N-ethyl adjacent to an activating group) is 1. The van der Waals surface area contributed by atoms with Crippen molar-refractivity contribution in [2.75, 3.05) is 26.7 Å². The van der Waals surface area contributed by atoms with E-state index in [2.05, 4.69) is 17.3 Å². The standard InChI is InChI=1S/C16H30N2O2/c1-3-20-16(19)15(17-14-9-10-14)12-18(2)11-13-7-5-4-6-8-13/h13-15,17H,3-12H2,1-2H3. The number of ether oxygens (including phenoxy) is 1. The van der Waals surface area contributed by atoms with Crippen molar-refractivity contribution in [1.29, 1.82) is 0 Å². The number of nitrogens with zero attached hydrogens (tertiary/aromatic N) is 1. The Kier molecular flexibility index (Phi) is 6.30. The van der Waals surface area contributed by atoms with Gasteiger partial charge in [-0.25, -0.2) is 0 Å². The van der Waals surface area contributed by atoms with Crippen molar-refractivity contribution in [2.24, 2.45) is 5.92 Å². The Labute approximate surface area is 123 Å². The summed E-state index contributed by atoms with van der Waals surface area (Å²) in [6.07, 6.45) is 9.24. The highest BCUT2D eigenvalue weighted by Crippen LogP contribution is 2.24. The molecule has 2 aliphatic rings. The average molecular weight is 282 g/mol. The molecule has 0 saturated heterocycles. The van der Waals surface area contributed by atoms with Crippen LogP contribution in [0.4, 0.5) is 0 Å². The summed E-state index contributed by atoms with van der Waals surface area (Å²) in [4.78, 5) is 14.3. The van der Waals surface area contributed by atoms with E-state index in [1.165, 1.54) is 44.9 Å². The lowest BCUT2D eigenvalue weighted by Gasteiger charge is -2.29. The molecule has 1 N–H and O–H groups in total. The van der Waals surface area contributed by atoms with E-state index in [0.29, 0.717) is 12.6 Å². The van der Waals surface area contributed by atoms with Crippen LogP contribution in [0.2, 0.25) is 0 Å². The van der Waals surface area contributed by atoms with Gasteiger partial charge in [0, 0.05) is 19.1 Å². The Hall–Kier alpha value is -0.610. The fourth-order valence-corrected chi connectivity index (χ4v) is 3.17. The van der Waals surface area contributed by atoms with E-state index in [-0.39, 0.29) is 12.0 Å². The lowest BCUT2D eigenvalue weighted by molar-refractivity contribution is -0.146. The summed E-state index contributed by atoms with van der Waals surface area (Å²) in [5, 5.41) is 3.43. The summed E-state index contributed by atoms with van der Waals surface area (Å²) in [5.74, 6) is 0.729. The molecule has 1 unspecified atom stereocenters. The van der Waals surface area contributed by atoms with E-state index >= 15 is 0 Å². The molecular formula is C16H30N2O2. The number of esters is 1. The van der Waals surface area contributed by atoms with Gasteiger partial charge in [0.15, 0.2) is 0 Å². The van der Waals surface area contributed by atoms with Crippen LogP contribution < -0.4 is 5.32 Å². The van der Waals surface area contributed by atoms with E-state index in [4.69, 9.17) is 4.74 Å². The number of hydrogen-bond donors (Lipinski definition) is 1. The maximum Gasteiger partial charge on any atom is 0.324 e. The van der Waals surface area contributed by atoms with Gasteiger partial charge in [-0.1, -0.05) is 19.3 Å². The van der Waals surface area contributed by atoms with Crippen LogP contribution in [-0.4, -0.2) is 49.7 Å². The molecule has 0 amide bonds. The van der Waals surface area contributed by atoms with Crippen LogP contribution in [0, 0.1) is 5.92 Å². The van der Waals surface area contributed by atoms with E-state index < -0.39 is 0 Å². The highest BCUT2D eigenvalue weighted by atomic mass is 16.5. The molecule has 2 fully saturated rings. The van der Waals surface area contributed by atoms with Gasteiger partial charge in [-0.15, -0.1) is 0 Å². The van der Waals surface area contributed by atoms with Crippen LogP contribution in [0.3, 0.4) is 0 Å². The molecule has 2 saturated carbocycles. The highest BCUT2D eigenvalue weighted by Gasteiger charge is 2.30. The largest absolute Gasteiger partial charge is 0.465 e. The average Bonchev–Trinajstić information content (AvgIpc) is 3.23. The monoisotopic (exact) mass is 282 g/mol. The molecule has 1 atom stereocenters. The quantitative estimate of drug-likeness (QED) is 0.693. The predicted octanol–water partition coefficient (Wildman–Crippen LogP) is 2.18. The summed E-state index contributed by atoms with van der Waals surface area (Å²) in [5.41, 5.74) is 0. The Morgan fingerprint density at radius 1 is 1.25 bits per heavy atom. The van der Waals surface area contributed by atoms with Crippen LogP contribution in [0.15, 0.2) is 0 Å². The first-order chi connectivity index (χ1) is 9.69. The SMILES string of the molecule is CCOC(=O)C(CN(C)CC1CCCCC1)NC1CC1. The van der Waals surface area contributed by atoms with Crippen molar-refractivity contribution in [1.82, 2.24) is 10.2 Å². The fourth-order valence-electron chi connectivity index (χ4n) is 3.17. The summed E-state index contributed by atoms with van der Waals surface area (Å²) in [6, 6.07) is 0.378. The Balaban J connectivity index is 1.77. The fraction of sp³-hybridized carbons (Fsp3) is 0.938. The van der Waals surface area contributed by atoms with Crippen molar-refractivity contribution >= 4 is 5.97 Å². The summed E-state index contributed by atoms with van der Waals surface area (Å²) in [7, 11) is 2.13. The third kappa shape index (κ3) is 5.41. The van der Waals surface area contributed by atoms with Crippen LogP contribution in [0.1, 0.15) is 51.9 Å². The molecule has 0 aromatic rings. The van der Waals surface area contributed by atoms with Crippen molar-refractivity contribution in [3.63, 3.8) is 0 Å². The van der Waals surface area contributed by atoms with Gasteiger partial charge in [0.1, 0.15) is 6.04 Å². The van der Waals surface area contributed by atoms with Gasteiger partial charge in [-0.05, 0) is 45.6 Å². The van der Waals surface area contributed by atoms with Gasteiger partial charge in [0.25, 0.3) is 0 Å². The maximum atomic E-state index is 12.0. The summed E-state index contributed by atoms with van der Waals surface area (Å²) >= 11 is 0. The van der Waals surface area contributed by atoms with Crippen molar-refractivity contribution < 1.29 is 9.53 Å².